The van der Waals surface area contributed by atoms with Gasteiger partial charge in [-0.1, -0.05) is 50.6 Å². The maximum Gasteiger partial charge on any atom is 0.321 e. The van der Waals surface area contributed by atoms with E-state index in [1.54, 1.807) is 6.07 Å². The van der Waals surface area contributed by atoms with Crippen molar-refractivity contribution < 1.29 is 18.7 Å². The van der Waals surface area contributed by atoms with Gasteiger partial charge in [-0.25, -0.2) is 8.78 Å². The number of halogens is 4. The van der Waals surface area contributed by atoms with Gasteiger partial charge in [-0.15, -0.1) is 0 Å². The molecule has 1 saturated heterocycles. The number of nitrogens with zero attached hydrogens (tertiary/aromatic N) is 1. The summed E-state index contributed by atoms with van der Waals surface area (Å²) in [5, 5.41) is 23.7. The van der Waals surface area contributed by atoms with Crippen LogP contribution in [-0.2, 0) is 10.2 Å². The fraction of sp³-hybridized carbons (Fsp3) is 0.391. The normalized spacial score (nSPS) is 25.9. The molecule has 2 aromatic rings. The first-order valence-corrected chi connectivity index (χ1v) is 10.9. The van der Waals surface area contributed by atoms with Gasteiger partial charge < -0.3 is 5.11 Å². The largest absolute Gasteiger partial charge is 0.480 e. The van der Waals surface area contributed by atoms with E-state index < -0.39 is 41.0 Å². The third-order valence-electron chi connectivity index (χ3n) is 5.72. The Bertz CT molecular complexity index is 1070. The lowest BCUT2D eigenvalue weighted by atomic mass is 9.62. The molecule has 3 rings (SSSR count). The molecule has 4 atom stereocenters. The van der Waals surface area contributed by atoms with Gasteiger partial charge in [-0.3, -0.25) is 10.1 Å². The van der Waals surface area contributed by atoms with Gasteiger partial charge in [0.1, 0.15) is 23.1 Å². The Morgan fingerprint density at radius 3 is 2.55 bits per heavy atom. The second-order valence-electron chi connectivity index (χ2n) is 9.03. The van der Waals surface area contributed by atoms with Crippen molar-refractivity contribution in [3.8, 4) is 6.07 Å². The molecule has 1 heterocycles. The van der Waals surface area contributed by atoms with Crippen LogP contribution in [0.3, 0.4) is 0 Å². The van der Waals surface area contributed by atoms with E-state index in [0.29, 0.717) is 6.42 Å². The Morgan fingerprint density at radius 1 is 1.32 bits per heavy atom. The van der Waals surface area contributed by atoms with Gasteiger partial charge in [0.2, 0.25) is 0 Å². The van der Waals surface area contributed by atoms with Crippen LogP contribution in [0.2, 0.25) is 5.02 Å². The highest BCUT2D eigenvalue weighted by Gasteiger charge is 2.61. The summed E-state index contributed by atoms with van der Waals surface area (Å²) < 4.78 is 30.6. The summed E-state index contributed by atoms with van der Waals surface area (Å²) >= 11 is 9.07. The van der Waals surface area contributed by atoms with Crippen molar-refractivity contribution in [3.05, 3.63) is 68.7 Å². The van der Waals surface area contributed by atoms with E-state index in [9.17, 15) is 15.2 Å². The van der Waals surface area contributed by atoms with E-state index in [0.717, 1.165) is 6.07 Å². The van der Waals surface area contributed by atoms with Crippen LogP contribution in [0.15, 0.2) is 40.9 Å². The highest BCUT2D eigenvalue weighted by molar-refractivity contribution is 9.10. The summed E-state index contributed by atoms with van der Waals surface area (Å²) in [7, 11) is 0. The van der Waals surface area contributed by atoms with Crippen molar-refractivity contribution in [2.24, 2.45) is 5.41 Å². The van der Waals surface area contributed by atoms with Crippen LogP contribution in [0.5, 0.6) is 0 Å². The SMILES string of the molecule is CC(C)(C)C[C@@H]1N[C@@H](C(=O)O)[C@H](c2cccc(Br)c2F)[C@@]1(C#N)c1ccc(Cl)cc1F. The zero-order chi connectivity index (χ0) is 23.1. The summed E-state index contributed by atoms with van der Waals surface area (Å²) in [4.78, 5) is 12.2. The number of carboxylic acids is 1. The van der Waals surface area contributed by atoms with Crippen molar-refractivity contribution in [1.29, 1.82) is 5.26 Å². The Labute approximate surface area is 193 Å². The van der Waals surface area contributed by atoms with Crippen LogP contribution in [0.25, 0.3) is 0 Å². The van der Waals surface area contributed by atoms with Crippen molar-refractivity contribution in [3.63, 3.8) is 0 Å². The predicted octanol–water partition coefficient (Wildman–Crippen LogP) is 5.79. The number of carbonyl (C=O) groups is 1. The first-order valence-electron chi connectivity index (χ1n) is 9.72. The zero-order valence-corrected chi connectivity index (χ0v) is 19.6. The molecule has 164 valence electrons. The van der Waals surface area contributed by atoms with Crippen molar-refractivity contribution in [2.45, 2.75) is 50.6 Å². The van der Waals surface area contributed by atoms with Gasteiger partial charge in [-0.2, -0.15) is 5.26 Å². The lowest BCUT2D eigenvalue weighted by Gasteiger charge is -2.37. The Hall–Kier alpha value is -2.01. The van der Waals surface area contributed by atoms with Crippen LogP contribution in [0.1, 0.15) is 44.2 Å². The average molecular weight is 512 g/mol. The number of nitrogens with one attached hydrogen (secondary N) is 1. The molecule has 0 unspecified atom stereocenters. The Kier molecular flexibility index (Phi) is 6.48. The first-order chi connectivity index (χ1) is 14.4. The minimum Gasteiger partial charge on any atom is -0.480 e. The van der Waals surface area contributed by atoms with Crippen LogP contribution < -0.4 is 5.32 Å². The number of hydrogen-bond acceptors (Lipinski definition) is 3. The van der Waals surface area contributed by atoms with Crippen molar-refractivity contribution in [2.75, 3.05) is 0 Å². The second-order valence-corrected chi connectivity index (χ2v) is 10.3. The lowest BCUT2D eigenvalue weighted by Crippen LogP contribution is -2.44. The molecule has 31 heavy (non-hydrogen) atoms. The lowest BCUT2D eigenvalue weighted by molar-refractivity contribution is -0.139. The quantitative estimate of drug-likeness (QED) is 0.545. The number of carboxylic acid groups (broad SMARTS) is 1. The van der Waals surface area contributed by atoms with Gasteiger partial charge in [-0.05, 0) is 51.5 Å². The second kappa shape index (κ2) is 8.50. The highest BCUT2D eigenvalue weighted by Crippen LogP contribution is 2.52. The van der Waals surface area contributed by atoms with Crippen molar-refractivity contribution in [1.82, 2.24) is 5.32 Å². The molecule has 0 spiro atoms. The molecule has 0 radical (unpaired) electrons. The van der Waals surface area contributed by atoms with Crippen LogP contribution in [-0.4, -0.2) is 23.2 Å². The fourth-order valence-corrected chi connectivity index (χ4v) is 5.08. The van der Waals surface area contributed by atoms with Crippen molar-refractivity contribution >= 4 is 33.5 Å². The van der Waals surface area contributed by atoms with Crippen LogP contribution in [0, 0.1) is 28.4 Å². The topological polar surface area (TPSA) is 73.1 Å². The Balaban J connectivity index is 2.38. The van der Waals surface area contributed by atoms with Crippen LogP contribution in [0.4, 0.5) is 8.78 Å². The molecular weight excluding hydrogens is 490 g/mol. The monoisotopic (exact) mass is 510 g/mol. The molecule has 0 bridgehead atoms. The van der Waals surface area contributed by atoms with Gasteiger partial charge in [0.15, 0.2) is 0 Å². The summed E-state index contributed by atoms with van der Waals surface area (Å²) in [5.41, 5.74) is -1.99. The van der Waals surface area contributed by atoms with E-state index in [-0.39, 0.29) is 26.0 Å². The fourth-order valence-electron chi connectivity index (χ4n) is 4.54. The molecule has 4 nitrogen and oxygen atoms in total. The molecule has 8 heteroatoms. The molecule has 1 aliphatic heterocycles. The standard InChI is InChI=1S/C23H22BrClF2N2O2/c1-22(2,3)10-17-23(11-28,14-8-7-12(25)9-16(14)26)18(20(29-17)21(30)31)13-5-4-6-15(24)19(13)27/h4-9,17-18,20,29H,10H2,1-3H3,(H,30,31)/t17-,18-,20+,23-/m0/s1. The minimum atomic E-state index is -1.69. The summed E-state index contributed by atoms with van der Waals surface area (Å²) in [6, 6.07) is 8.60. The molecule has 1 fully saturated rings. The number of rotatable bonds is 4. The van der Waals surface area contributed by atoms with Gasteiger partial charge in [0.25, 0.3) is 0 Å². The number of aliphatic carboxylic acids is 1. The molecule has 1 aliphatic rings. The highest BCUT2D eigenvalue weighted by atomic mass is 79.9. The number of nitriles is 1. The smallest absolute Gasteiger partial charge is 0.321 e. The van der Waals surface area contributed by atoms with E-state index in [1.165, 1.54) is 24.3 Å². The van der Waals surface area contributed by atoms with Gasteiger partial charge >= 0.3 is 5.97 Å². The summed E-state index contributed by atoms with van der Waals surface area (Å²) in [6.07, 6.45) is 0.360. The maximum absolute atomic E-state index is 15.2. The van der Waals surface area contributed by atoms with E-state index >= 15 is 8.78 Å². The molecule has 0 amide bonds. The molecule has 2 N–H and O–H groups in total. The third kappa shape index (κ3) is 4.21. The average Bonchev–Trinajstić information content (AvgIpc) is 2.97. The van der Waals surface area contributed by atoms with E-state index in [2.05, 4.69) is 27.3 Å². The summed E-state index contributed by atoms with van der Waals surface area (Å²) in [5.74, 6) is -3.84. The summed E-state index contributed by atoms with van der Waals surface area (Å²) in [6.45, 7) is 5.83. The Morgan fingerprint density at radius 2 is 2.00 bits per heavy atom. The zero-order valence-electron chi connectivity index (χ0n) is 17.2. The molecule has 0 aliphatic carbocycles. The molecule has 0 saturated carbocycles. The van der Waals surface area contributed by atoms with Gasteiger partial charge in [0.05, 0.1) is 10.5 Å². The first kappa shape index (κ1) is 23.6. The predicted molar refractivity (Wildman–Crippen MR) is 118 cm³/mol. The molecule has 0 aromatic heterocycles. The molecular formula is C23H22BrClF2N2O2. The van der Waals surface area contributed by atoms with Gasteiger partial charge in [0, 0.05) is 22.5 Å². The maximum atomic E-state index is 15.2. The van der Waals surface area contributed by atoms with E-state index in [4.69, 9.17) is 11.6 Å². The third-order valence-corrected chi connectivity index (χ3v) is 6.56. The van der Waals surface area contributed by atoms with Crippen LogP contribution >= 0.6 is 27.5 Å². The number of benzene rings is 2. The van der Waals surface area contributed by atoms with E-state index in [1.807, 2.05) is 20.8 Å². The number of hydrogen-bond donors (Lipinski definition) is 2. The molecule has 2 aromatic carbocycles. The minimum absolute atomic E-state index is 0.00530.